The van der Waals surface area contributed by atoms with Crippen LogP contribution in [0, 0.1) is 13.8 Å². The molecule has 2 rings (SSSR count). The van der Waals surface area contributed by atoms with E-state index in [0.717, 1.165) is 28.1 Å². The molecule has 1 N–H and O–H groups in total. The molecule has 0 saturated heterocycles. The molecule has 0 aromatic heterocycles. The maximum Gasteiger partial charge on any atom is 0.244 e. The first kappa shape index (κ1) is 28.7. The lowest BCUT2D eigenvalue weighted by Gasteiger charge is -2.34. The van der Waals surface area contributed by atoms with Crippen LogP contribution in [-0.2, 0) is 26.2 Å². The second-order valence-electron chi connectivity index (χ2n) is 8.91. The van der Waals surface area contributed by atoms with Crippen molar-refractivity contribution in [3.05, 3.63) is 64.2 Å². The summed E-state index contributed by atoms with van der Waals surface area (Å²) in [4.78, 5) is 28.3. The molecule has 0 bridgehead atoms. The van der Waals surface area contributed by atoms with Crippen LogP contribution in [0.2, 0.25) is 5.02 Å². The number of anilines is 1. The molecular weight excluding hydrogens is 486 g/mol. The fourth-order valence-corrected chi connectivity index (χ4v) is 4.95. The number of carbonyl (C=O) groups is 2. The van der Waals surface area contributed by atoms with Gasteiger partial charge in [0.05, 0.1) is 11.9 Å². The van der Waals surface area contributed by atoms with Gasteiger partial charge in [-0.1, -0.05) is 61.3 Å². The van der Waals surface area contributed by atoms with E-state index in [-0.39, 0.29) is 18.5 Å². The fraction of sp³-hybridized carbons (Fsp3) is 0.462. The van der Waals surface area contributed by atoms with E-state index in [0.29, 0.717) is 22.7 Å². The van der Waals surface area contributed by atoms with E-state index >= 15 is 0 Å². The van der Waals surface area contributed by atoms with E-state index in [1.807, 2.05) is 39.8 Å². The number of halogens is 1. The molecule has 0 unspecified atom stereocenters. The van der Waals surface area contributed by atoms with E-state index < -0.39 is 28.5 Å². The average Bonchev–Trinajstić information content (AvgIpc) is 2.78. The van der Waals surface area contributed by atoms with Crippen LogP contribution in [0.5, 0.6) is 0 Å². The average molecular weight is 522 g/mol. The summed E-state index contributed by atoms with van der Waals surface area (Å²) in [5.41, 5.74) is 2.83. The number of sulfonamides is 1. The van der Waals surface area contributed by atoms with Crippen molar-refractivity contribution in [3.8, 4) is 0 Å². The van der Waals surface area contributed by atoms with Gasteiger partial charge in [-0.15, -0.1) is 0 Å². The molecule has 0 fully saturated rings. The van der Waals surface area contributed by atoms with Crippen molar-refractivity contribution in [1.82, 2.24) is 10.2 Å². The standard InChI is InChI=1S/C26H36ClN3O4S/c1-7-20(5)28-26(32)23(8-2)29(16-21-11-9-10-12-22(21)27)25(31)17-30(35(6,33)34)24-14-13-18(3)15-19(24)4/h9-15,20,23H,7-8,16-17H2,1-6H3,(H,28,32)/t20-,23-/m0/s1. The van der Waals surface area contributed by atoms with Gasteiger partial charge in [-0.25, -0.2) is 8.42 Å². The van der Waals surface area contributed by atoms with E-state index in [1.165, 1.54) is 4.90 Å². The van der Waals surface area contributed by atoms with Gasteiger partial charge in [0, 0.05) is 17.6 Å². The fourth-order valence-electron chi connectivity index (χ4n) is 3.85. The number of amides is 2. The van der Waals surface area contributed by atoms with Crippen molar-refractivity contribution < 1.29 is 18.0 Å². The minimum Gasteiger partial charge on any atom is -0.352 e. The first-order valence-corrected chi connectivity index (χ1v) is 14.0. The number of nitrogens with one attached hydrogen (secondary N) is 1. The Hall–Kier alpha value is -2.58. The van der Waals surface area contributed by atoms with Gasteiger partial charge in [0.1, 0.15) is 12.6 Å². The summed E-state index contributed by atoms with van der Waals surface area (Å²) >= 11 is 6.37. The third-order valence-corrected chi connectivity index (χ3v) is 7.48. The van der Waals surface area contributed by atoms with Crippen LogP contribution in [0.15, 0.2) is 42.5 Å². The largest absolute Gasteiger partial charge is 0.352 e. The van der Waals surface area contributed by atoms with Gasteiger partial charge in [-0.2, -0.15) is 0 Å². The van der Waals surface area contributed by atoms with Crippen LogP contribution < -0.4 is 9.62 Å². The van der Waals surface area contributed by atoms with Crippen molar-refractivity contribution in [2.24, 2.45) is 0 Å². The summed E-state index contributed by atoms with van der Waals surface area (Å²) in [5, 5.41) is 3.42. The molecule has 0 radical (unpaired) electrons. The Morgan fingerprint density at radius 2 is 1.71 bits per heavy atom. The number of benzene rings is 2. The molecule has 0 aliphatic carbocycles. The Kier molecular flexibility index (Phi) is 10.2. The third kappa shape index (κ3) is 7.70. The van der Waals surface area contributed by atoms with Crippen LogP contribution >= 0.6 is 11.6 Å². The molecule has 2 aromatic carbocycles. The first-order chi connectivity index (χ1) is 16.4. The van der Waals surface area contributed by atoms with E-state index in [2.05, 4.69) is 5.32 Å². The number of rotatable bonds is 11. The summed E-state index contributed by atoms with van der Waals surface area (Å²) in [7, 11) is -3.78. The highest BCUT2D eigenvalue weighted by molar-refractivity contribution is 7.92. The molecule has 192 valence electrons. The van der Waals surface area contributed by atoms with Crippen LogP contribution in [0.4, 0.5) is 5.69 Å². The predicted octanol–water partition coefficient (Wildman–Crippen LogP) is 4.44. The Morgan fingerprint density at radius 3 is 2.26 bits per heavy atom. The molecule has 0 aliphatic heterocycles. The van der Waals surface area contributed by atoms with Gasteiger partial charge in [-0.3, -0.25) is 13.9 Å². The smallest absolute Gasteiger partial charge is 0.244 e. The quantitative estimate of drug-likeness (QED) is 0.473. The Balaban J connectivity index is 2.49. The second kappa shape index (κ2) is 12.4. The molecular formula is C26H36ClN3O4S. The van der Waals surface area contributed by atoms with Crippen molar-refractivity contribution >= 4 is 39.1 Å². The van der Waals surface area contributed by atoms with E-state index in [4.69, 9.17) is 11.6 Å². The monoisotopic (exact) mass is 521 g/mol. The second-order valence-corrected chi connectivity index (χ2v) is 11.2. The molecule has 2 atom stereocenters. The third-order valence-electron chi connectivity index (χ3n) is 5.99. The van der Waals surface area contributed by atoms with Gasteiger partial charge in [0.25, 0.3) is 0 Å². The van der Waals surface area contributed by atoms with Crippen LogP contribution in [0.25, 0.3) is 0 Å². The zero-order valence-electron chi connectivity index (χ0n) is 21.3. The Morgan fingerprint density at radius 1 is 1.06 bits per heavy atom. The predicted molar refractivity (Wildman–Crippen MR) is 142 cm³/mol. The molecule has 2 aromatic rings. The van der Waals surface area contributed by atoms with Gasteiger partial charge in [0.15, 0.2) is 0 Å². The topological polar surface area (TPSA) is 86.8 Å². The molecule has 2 amide bonds. The van der Waals surface area contributed by atoms with Gasteiger partial charge in [0.2, 0.25) is 21.8 Å². The lowest BCUT2D eigenvalue weighted by molar-refractivity contribution is -0.140. The summed E-state index contributed by atoms with van der Waals surface area (Å²) in [5.74, 6) is -0.763. The maximum absolute atomic E-state index is 13.7. The number of aryl methyl sites for hydroxylation is 2. The molecule has 0 aliphatic rings. The summed E-state index contributed by atoms with van der Waals surface area (Å²) < 4.78 is 26.6. The van der Waals surface area contributed by atoms with Gasteiger partial charge < -0.3 is 10.2 Å². The number of carbonyl (C=O) groups excluding carboxylic acids is 2. The Labute approximate surface area is 214 Å². The van der Waals surface area contributed by atoms with Crippen LogP contribution in [0.1, 0.15) is 50.3 Å². The number of nitrogens with zero attached hydrogens (tertiary/aromatic N) is 2. The number of hydrogen-bond acceptors (Lipinski definition) is 4. The number of hydrogen-bond donors (Lipinski definition) is 1. The maximum atomic E-state index is 13.7. The minimum atomic E-state index is -3.78. The summed E-state index contributed by atoms with van der Waals surface area (Å²) in [6, 6.07) is 11.6. The van der Waals surface area contributed by atoms with Gasteiger partial charge >= 0.3 is 0 Å². The summed E-state index contributed by atoms with van der Waals surface area (Å²) in [6.45, 7) is 9.06. The van der Waals surface area contributed by atoms with Crippen molar-refractivity contribution in [1.29, 1.82) is 0 Å². The van der Waals surface area contributed by atoms with Crippen molar-refractivity contribution in [3.63, 3.8) is 0 Å². The Bertz CT molecular complexity index is 1150. The lowest BCUT2D eigenvalue weighted by Crippen LogP contribution is -2.53. The van der Waals surface area contributed by atoms with E-state index in [9.17, 15) is 18.0 Å². The molecule has 0 spiro atoms. The highest BCUT2D eigenvalue weighted by Gasteiger charge is 2.32. The van der Waals surface area contributed by atoms with Crippen LogP contribution in [0.3, 0.4) is 0 Å². The minimum absolute atomic E-state index is 0.0588. The SMILES string of the molecule is CC[C@H](C)NC(=O)[C@H](CC)N(Cc1ccccc1Cl)C(=O)CN(c1ccc(C)cc1C)S(C)(=O)=O. The molecule has 7 nitrogen and oxygen atoms in total. The highest BCUT2D eigenvalue weighted by atomic mass is 35.5. The normalized spacial score (nSPS) is 13.1. The zero-order chi connectivity index (χ0) is 26.3. The first-order valence-electron chi connectivity index (χ1n) is 11.8. The van der Waals surface area contributed by atoms with Gasteiger partial charge in [-0.05, 0) is 56.9 Å². The molecule has 35 heavy (non-hydrogen) atoms. The molecule has 0 heterocycles. The van der Waals surface area contributed by atoms with Crippen molar-refractivity contribution in [2.45, 2.75) is 66.1 Å². The summed E-state index contributed by atoms with van der Waals surface area (Å²) in [6.07, 6.45) is 2.18. The molecule has 9 heteroatoms. The lowest BCUT2D eigenvalue weighted by atomic mass is 10.1. The van der Waals surface area contributed by atoms with Crippen LogP contribution in [-0.4, -0.2) is 50.0 Å². The highest BCUT2D eigenvalue weighted by Crippen LogP contribution is 2.25. The van der Waals surface area contributed by atoms with E-state index in [1.54, 1.807) is 37.3 Å². The zero-order valence-corrected chi connectivity index (χ0v) is 22.9. The molecule has 0 saturated carbocycles. The van der Waals surface area contributed by atoms with Crippen molar-refractivity contribution in [2.75, 3.05) is 17.1 Å².